The summed E-state index contributed by atoms with van der Waals surface area (Å²) in [6.07, 6.45) is 3.67. The molecule has 0 saturated carbocycles. The Morgan fingerprint density at radius 3 is 1.41 bits per heavy atom. The number of rotatable bonds is 11. The topological polar surface area (TPSA) is 73.5 Å². The SMILES string of the molecule is C=NC(=N/C=C(\C)CNCCNC/C(C)=C/N=C(N=C)c1ccccc1)c1ccccc1. The Labute approximate surface area is 191 Å². The minimum absolute atomic E-state index is 0.624. The third kappa shape index (κ3) is 9.12. The van der Waals surface area contributed by atoms with Gasteiger partial charge < -0.3 is 10.6 Å². The highest BCUT2D eigenvalue weighted by atomic mass is 14.9. The minimum Gasteiger partial charge on any atom is -0.312 e. The third-order valence-electron chi connectivity index (χ3n) is 4.46. The van der Waals surface area contributed by atoms with E-state index in [4.69, 9.17) is 0 Å². The zero-order valence-electron chi connectivity index (χ0n) is 19.0. The lowest BCUT2D eigenvalue weighted by Gasteiger charge is -2.07. The number of benzene rings is 2. The van der Waals surface area contributed by atoms with Gasteiger partial charge >= 0.3 is 0 Å². The van der Waals surface area contributed by atoms with Crippen LogP contribution in [-0.4, -0.2) is 51.3 Å². The van der Waals surface area contributed by atoms with Crippen LogP contribution < -0.4 is 10.6 Å². The molecule has 0 radical (unpaired) electrons. The van der Waals surface area contributed by atoms with Gasteiger partial charge in [0.1, 0.15) is 0 Å². The normalized spacial score (nSPS) is 13.2. The second-order valence-corrected chi connectivity index (χ2v) is 7.26. The number of hydrogen-bond acceptors (Lipinski definition) is 4. The molecule has 0 aliphatic heterocycles. The van der Waals surface area contributed by atoms with E-state index >= 15 is 0 Å². The van der Waals surface area contributed by atoms with Gasteiger partial charge in [-0.05, 0) is 38.4 Å². The van der Waals surface area contributed by atoms with Crippen molar-refractivity contribution < 1.29 is 0 Å². The van der Waals surface area contributed by atoms with E-state index in [0.29, 0.717) is 11.7 Å². The molecular formula is C26H32N6. The van der Waals surface area contributed by atoms with Gasteiger partial charge in [-0.15, -0.1) is 0 Å². The minimum atomic E-state index is 0.624. The maximum atomic E-state index is 4.45. The molecule has 0 atom stereocenters. The molecule has 6 nitrogen and oxygen atoms in total. The van der Waals surface area contributed by atoms with E-state index in [0.717, 1.165) is 48.5 Å². The van der Waals surface area contributed by atoms with Gasteiger partial charge in [-0.3, -0.25) is 0 Å². The van der Waals surface area contributed by atoms with E-state index in [1.807, 2.05) is 86.9 Å². The molecule has 0 spiro atoms. The van der Waals surface area contributed by atoms with Crippen molar-refractivity contribution in [3.05, 3.63) is 95.3 Å². The van der Waals surface area contributed by atoms with Crippen LogP contribution in [0.4, 0.5) is 0 Å². The van der Waals surface area contributed by atoms with Crippen molar-refractivity contribution in [1.82, 2.24) is 10.6 Å². The van der Waals surface area contributed by atoms with Crippen molar-refractivity contribution in [3.63, 3.8) is 0 Å². The molecule has 0 heterocycles. The van der Waals surface area contributed by atoms with Crippen molar-refractivity contribution in [1.29, 1.82) is 0 Å². The Balaban J connectivity index is 1.71. The number of nitrogens with one attached hydrogen (secondary N) is 2. The highest BCUT2D eigenvalue weighted by molar-refractivity contribution is 6.02. The predicted molar refractivity (Wildman–Crippen MR) is 138 cm³/mol. The maximum Gasteiger partial charge on any atom is 0.158 e. The first-order valence-electron chi connectivity index (χ1n) is 10.6. The predicted octanol–water partition coefficient (Wildman–Crippen LogP) is 4.27. The second kappa shape index (κ2) is 14.5. The fourth-order valence-corrected chi connectivity index (χ4v) is 2.77. The Hall–Kier alpha value is -3.48. The number of amidine groups is 2. The van der Waals surface area contributed by atoms with Crippen LogP contribution in [0.15, 0.2) is 104 Å². The Morgan fingerprint density at radius 1 is 0.688 bits per heavy atom. The average Bonchev–Trinajstić information content (AvgIpc) is 2.83. The Kier molecular flexibility index (Phi) is 11.2. The van der Waals surface area contributed by atoms with Gasteiger partial charge in [0.25, 0.3) is 0 Å². The maximum absolute atomic E-state index is 4.45. The van der Waals surface area contributed by atoms with E-state index < -0.39 is 0 Å². The monoisotopic (exact) mass is 428 g/mol. The van der Waals surface area contributed by atoms with E-state index in [-0.39, 0.29) is 0 Å². The average molecular weight is 429 g/mol. The summed E-state index contributed by atoms with van der Waals surface area (Å²) < 4.78 is 0. The van der Waals surface area contributed by atoms with Crippen LogP contribution in [0.2, 0.25) is 0 Å². The fourth-order valence-electron chi connectivity index (χ4n) is 2.77. The van der Waals surface area contributed by atoms with Crippen molar-refractivity contribution in [2.24, 2.45) is 20.0 Å². The molecule has 0 aromatic heterocycles. The van der Waals surface area contributed by atoms with E-state index in [1.54, 1.807) is 0 Å². The molecule has 6 heteroatoms. The van der Waals surface area contributed by atoms with Gasteiger partial charge in [-0.1, -0.05) is 60.7 Å². The molecule has 0 aliphatic carbocycles. The first kappa shape index (κ1) is 24.8. The molecule has 2 N–H and O–H groups in total. The highest BCUT2D eigenvalue weighted by Crippen LogP contribution is 2.04. The largest absolute Gasteiger partial charge is 0.312 e. The molecular weight excluding hydrogens is 396 g/mol. The van der Waals surface area contributed by atoms with Crippen molar-refractivity contribution in [3.8, 4) is 0 Å². The van der Waals surface area contributed by atoms with Gasteiger partial charge in [-0.2, -0.15) is 0 Å². The van der Waals surface area contributed by atoms with Crippen LogP contribution in [0.25, 0.3) is 0 Å². The molecule has 32 heavy (non-hydrogen) atoms. The van der Waals surface area contributed by atoms with Crippen LogP contribution in [-0.2, 0) is 0 Å². The summed E-state index contributed by atoms with van der Waals surface area (Å²) in [4.78, 5) is 16.9. The van der Waals surface area contributed by atoms with Crippen molar-refractivity contribution in [2.45, 2.75) is 13.8 Å². The molecule has 166 valence electrons. The summed E-state index contributed by atoms with van der Waals surface area (Å²) in [5, 5.41) is 6.81. The number of aliphatic imine (C=N–C) groups is 4. The van der Waals surface area contributed by atoms with Crippen LogP contribution in [0, 0.1) is 0 Å². The highest BCUT2D eigenvalue weighted by Gasteiger charge is 1.99. The molecule has 0 amide bonds. The van der Waals surface area contributed by atoms with Crippen molar-refractivity contribution >= 4 is 25.1 Å². The zero-order chi connectivity index (χ0) is 23.0. The Bertz CT molecular complexity index is 890. The second-order valence-electron chi connectivity index (χ2n) is 7.26. The molecule has 0 unspecified atom stereocenters. The van der Waals surface area contributed by atoms with Crippen LogP contribution in [0.3, 0.4) is 0 Å². The third-order valence-corrected chi connectivity index (χ3v) is 4.46. The van der Waals surface area contributed by atoms with E-state index in [1.165, 1.54) is 0 Å². The van der Waals surface area contributed by atoms with Gasteiger partial charge in [0.15, 0.2) is 11.7 Å². The number of nitrogens with zero attached hydrogens (tertiary/aromatic N) is 4. The summed E-state index contributed by atoms with van der Waals surface area (Å²) in [5.74, 6) is 1.25. The Morgan fingerprint density at radius 2 is 1.06 bits per heavy atom. The van der Waals surface area contributed by atoms with Crippen LogP contribution >= 0.6 is 0 Å². The van der Waals surface area contributed by atoms with Gasteiger partial charge in [0.05, 0.1) is 0 Å². The molecule has 2 aromatic carbocycles. The quantitative estimate of drug-likeness (QED) is 0.319. The van der Waals surface area contributed by atoms with Gasteiger partial charge in [0.2, 0.25) is 0 Å². The number of hydrogen-bond donors (Lipinski definition) is 2. The lowest BCUT2D eigenvalue weighted by molar-refractivity contribution is 0.652. The summed E-state index contributed by atoms with van der Waals surface area (Å²) in [6, 6.07) is 19.7. The molecule has 0 fully saturated rings. The summed E-state index contributed by atoms with van der Waals surface area (Å²) in [7, 11) is 0. The lowest BCUT2D eigenvalue weighted by Crippen LogP contribution is -2.29. The first-order chi connectivity index (χ1) is 15.6. The molecule has 0 bridgehead atoms. The zero-order valence-corrected chi connectivity index (χ0v) is 19.0. The van der Waals surface area contributed by atoms with E-state index in [9.17, 15) is 0 Å². The smallest absolute Gasteiger partial charge is 0.158 e. The molecule has 0 aliphatic rings. The lowest BCUT2D eigenvalue weighted by atomic mass is 10.2. The van der Waals surface area contributed by atoms with Gasteiger partial charge in [-0.25, -0.2) is 20.0 Å². The first-order valence-corrected chi connectivity index (χ1v) is 10.6. The molecule has 2 rings (SSSR count). The van der Waals surface area contributed by atoms with Gasteiger partial charge in [0, 0.05) is 49.7 Å². The van der Waals surface area contributed by atoms with Crippen molar-refractivity contribution in [2.75, 3.05) is 26.2 Å². The summed E-state index contributed by atoms with van der Waals surface area (Å²) in [6.45, 7) is 14.5. The fraction of sp³-hybridized carbons (Fsp3) is 0.231. The van der Waals surface area contributed by atoms with Crippen LogP contribution in [0.1, 0.15) is 25.0 Å². The van der Waals surface area contributed by atoms with Crippen LogP contribution in [0.5, 0.6) is 0 Å². The standard InChI is InChI=1S/C26H32N6/c1-21(19-31-25(27-3)23-11-7-5-8-12-23)17-29-15-16-30-18-22(2)20-32-26(28-4)24-13-9-6-10-14-24/h5-14,19-20,29-30H,3-4,15-18H2,1-2H3/b21-19+,22-20+,31-25?,32-26?. The van der Waals surface area contributed by atoms with E-state index in [2.05, 4.69) is 44.0 Å². The summed E-state index contributed by atoms with van der Waals surface area (Å²) >= 11 is 0. The summed E-state index contributed by atoms with van der Waals surface area (Å²) in [5.41, 5.74) is 4.16. The molecule has 0 saturated heterocycles. The molecule has 2 aromatic rings.